The largest absolute Gasteiger partial charge is 0.494 e. The van der Waals surface area contributed by atoms with Crippen molar-refractivity contribution in [3.8, 4) is 5.75 Å². The van der Waals surface area contributed by atoms with Crippen molar-refractivity contribution in [3.63, 3.8) is 0 Å². The summed E-state index contributed by atoms with van der Waals surface area (Å²) < 4.78 is 5.43. The molecule has 0 radical (unpaired) electrons. The average Bonchev–Trinajstić information content (AvgIpc) is 3.59. The summed E-state index contributed by atoms with van der Waals surface area (Å²) in [6, 6.07) is 13.9. The molecule has 0 unspecified atom stereocenters. The number of amides is 3. The van der Waals surface area contributed by atoms with Crippen molar-refractivity contribution >= 4 is 29.1 Å². The second-order valence-electron chi connectivity index (χ2n) is 9.13. The summed E-state index contributed by atoms with van der Waals surface area (Å²) in [7, 11) is 0. The zero-order chi connectivity index (χ0) is 22.0. The van der Waals surface area contributed by atoms with Gasteiger partial charge in [-0.05, 0) is 79.5 Å². The van der Waals surface area contributed by atoms with Crippen LogP contribution in [0.1, 0.15) is 23.7 Å². The van der Waals surface area contributed by atoms with Gasteiger partial charge in [0.15, 0.2) is 0 Å². The summed E-state index contributed by atoms with van der Waals surface area (Å²) in [6.45, 7) is 2.49. The van der Waals surface area contributed by atoms with Crippen LogP contribution in [0.5, 0.6) is 5.75 Å². The predicted molar refractivity (Wildman–Crippen MR) is 119 cm³/mol. The minimum absolute atomic E-state index is 0.117. The van der Waals surface area contributed by atoms with Crippen LogP contribution in [0.3, 0.4) is 0 Å². The number of benzene rings is 2. The van der Waals surface area contributed by atoms with Crippen molar-refractivity contribution in [1.29, 1.82) is 0 Å². The molecule has 162 valence electrons. The number of allylic oxidation sites excluding steroid dienone is 2. The second-order valence-corrected chi connectivity index (χ2v) is 9.13. The number of carbonyl (C=O) groups is 3. The highest BCUT2D eigenvalue weighted by molar-refractivity contribution is 6.23. The Balaban J connectivity index is 1.23. The van der Waals surface area contributed by atoms with Crippen molar-refractivity contribution in [3.05, 3.63) is 66.2 Å². The van der Waals surface area contributed by atoms with Gasteiger partial charge in [-0.1, -0.05) is 18.2 Å². The van der Waals surface area contributed by atoms with Gasteiger partial charge >= 0.3 is 0 Å². The van der Waals surface area contributed by atoms with Crippen LogP contribution in [-0.4, -0.2) is 24.3 Å². The number of ether oxygens (including phenoxy) is 1. The van der Waals surface area contributed by atoms with E-state index in [9.17, 15) is 14.4 Å². The molecule has 6 heteroatoms. The minimum Gasteiger partial charge on any atom is -0.494 e. The summed E-state index contributed by atoms with van der Waals surface area (Å²) in [5.41, 5.74) is 1.52. The Hall–Kier alpha value is -3.41. The maximum atomic E-state index is 13.3. The summed E-state index contributed by atoms with van der Waals surface area (Å²) in [5.74, 6) is 1.21. The van der Waals surface area contributed by atoms with E-state index in [0.717, 1.165) is 12.2 Å². The first-order valence-electron chi connectivity index (χ1n) is 11.3. The Bertz CT molecular complexity index is 1120. The third-order valence-electron chi connectivity index (χ3n) is 7.45. The third-order valence-corrected chi connectivity index (χ3v) is 7.45. The number of imide groups is 1. The van der Waals surface area contributed by atoms with Gasteiger partial charge in [0.1, 0.15) is 5.75 Å². The first-order chi connectivity index (χ1) is 15.6. The number of rotatable bonds is 5. The van der Waals surface area contributed by atoms with Gasteiger partial charge < -0.3 is 10.1 Å². The minimum atomic E-state index is -0.296. The van der Waals surface area contributed by atoms with Crippen LogP contribution < -0.4 is 15.0 Å². The number of anilines is 2. The standard InChI is InChI=1S/C26H24N2O4/c1-2-32-17-8-6-15(7-9-17)27-24(29)14-4-3-5-16(12-14)28-25(30)22-18-10-11-19(21-13-20(18)21)23(22)26(28)31/h3-12,18-23H,2,13H2,1H3,(H,27,29)/t18-,19+,20-,21-,22+,23-/m1/s1. The van der Waals surface area contributed by atoms with Gasteiger partial charge in [-0.15, -0.1) is 0 Å². The lowest BCUT2D eigenvalue weighted by molar-refractivity contribution is -0.124. The fourth-order valence-electron chi connectivity index (χ4n) is 6.00. The molecule has 7 rings (SSSR count). The van der Waals surface area contributed by atoms with Crippen molar-refractivity contribution in [2.45, 2.75) is 13.3 Å². The van der Waals surface area contributed by atoms with Gasteiger partial charge in [0.2, 0.25) is 11.8 Å². The molecule has 6 nitrogen and oxygen atoms in total. The Morgan fingerprint density at radius 2 is 1.66 bits per heavy atom. The molecule has 2 bridgehead atoms. The molecular formula is C26H24N2O4. The third kappa shape index (κ3) is 2.82. The van der Waals surface area contributed by atoms with E-state index < -0.39 is 0 Å². The molecule has 6 atom stereocenters. The Morgan fingerprint density at radius 3 is 2.28 bits per heavy atom. The van der Waals surface area contributed by atoms with Crippen molar-refractivity contribution in [2.24, 2.45) is 35.5 Å². The lowest BCUT2D eigenvalue weighted by Gasteiger charge is -2.37. The van der Waals surface area contributed by atoms with Gasteiger partial charge in [-0.2, -0.15) is 0 Å². The van der Waals surface area contributed by atoms with Crippen LogP contribution >= 0.6 is 0 Å². The van der Waals surface area contributed by atoms with Crippen LogP contribution in [0.15, 0.2) is 60.7 Å². The molecule has 4 aliphatic carbocycles. The van der Waals surface area contributed by atoms with E-state index in [2.05, 4.69) is 17.5 Å². The molecule has 2 aromatic rings. The van der Waals surface area contributed by atoms with E-state index in [-0.39, 0.29) is 41.4 Å². The molecule has 1 saturated heterocycles. The van der Waals surface area contributed by atoms with E-state index in [0.29, 0.717) is 35.4 Å². The highest BCUT2D eigenvalue weighted by atomic mass is 16.5. The molecule has 1 N–H and O–H groups in total. The van der Waals surface area contributed by atoms with E-state index in [1.807, 2.05) is 6.92 Å². The van der Waals surface area contributed by atoms with Crippen LogP contribution in [0.4, 0.5) is 11.4 Å². The predicted octanol–water partition coefficient (Wildman–Crippen LogP) is 3.90. The molecule has 1 heterocycles. The van der Waals surface area contributed by atoms with E-state index in [4.69, 9.17) is 4.74 Å². The van der Waals surface area contributed by atoms with Crippen molar-refractivity contribution in [2.75, 3.05) is 16.8 Å². The number of carbonyl (C=O) groups excluding carboxylic acids is 3. The Labute approximate surface area is 186 Å². The zero-order valence-corrected chi connectivity index (χ0v) is 17.7. The van der Waals surface area contributed by atoms with Crippen LogP contribution in [0.25, 0.3) is 0 Å². The lowest BCUT2D eigenvalue weighted by atomic mass is 9.63. The monoisotopic (exact) mass is 428 g/mol. The fraction of sp³-hybridized carbons (Fsp3) is 0.346. The molecule has 32 heavy (non-hydrogen) atoms. The van der Waals surface area contributed by atoms with E-state index in [1.165, 1.54) is 4.90 Å². The lowest BCUT2D eigenvalue weighted by Crippen LogP contribution is -2.40. The zero-order valence-electron chi connectivity index (χ0n) is 17.7. The molecule has 3 fully saturated rings. The number of nitrogens with zero attached hydrogens (tertiary/aromatic N) is 1. The second kappa shape index (κ2) is 7.05. The van der Waals surface area contributed by atoms with Gasteiger partial charge in [0.05, 0.1) is 24.1 Å². The average molecular weight is 428 g/mol. The molecular weight excluding hydrogens is 404 g/mol. The summed E-state index contributed by atoms with van der Waals surface area (Å²) in [4.78, 5) is 40.8. The van der Waals surface area contributed by atoms with E-state index >= 15 is 0 Å². The van der Waals surface area contributed by atoms with Crippen LogP contribution in [0, 0.1) is 35.5 Å². The van der Waals surface area contributed by atoms with Gasteiger partial charge in [-0.3, -0.25) is 14.4 Å². The van der Waals surface area contributed by atoms with Gasteiger partial charge in [0, 0.05) is 11.3 Å². The first-order valence-corrected chi connectivity index (χ1v) is 11.3. The summed E-state index contributed by atoms with van der Waals surface area (Å²) >= 11 is 0. The molecule has 2 saturated carbocycles. The highest BCUT2D eigenvalue weighted by Crippen LogP contribution is 2.65. The Kier molecular flexibility index (Phi) is 4.25. The number of hydrogen-bond acceptors (Lipinski definition) is 4. The summed E-state index contributed by atoms with van der Waals surface area (Å²) in [6.07, 6.45) is 5.46. The van der Waals surface area contributed by atoms with E-state index in [1.54, 1.807) is 48.5 Å². The molecule has 1 aliphatic heterocycles. The maximum Gasteiger partial charge on any atom is 0.255 e. The van der Waals surface area contributed by atoms with Crippen molar-refractivity contribution in [1.82, 2.24) is 0 Å². The maximum absolute atomic E-state index is 13.3. The normalized spacial score (nSPS) is 31.3. The SMILES string of the molecule is CCOc1ccc(NC(=O)c2cccc(N3C(=O)[C@@H]4[C@H]5C=C[C@H]([C@H]6C[C@H]56)[C@@H]4C3=O)c2)cc1. The van der Waals surface area contributed by atoms with Gasteiger partial charge in [0.25, 0.3) is 5.91 Å². The quantitative estimate of drug-likeness (QED) is 0.579. The molecule has 0 aromatic heterocycles. The molecule has 2 aromatic carbocycles. The van der Waals surface area contributed by atoms with Crippen molar-refractivity contribution < 1.29 is 19.1 Å². The molecule has 5 aliphatic rings. The highest BCUT2D eigenvalue weighted by Gasteiger charge is 2.67. The number of hydrogen-bond donors (Lipinski definition) is 1. The van der Waals surface area contributed by atoms with Gasteiger partial charge in [-0.25, -0.2) is 4.90 Å². The summed E-state index contributed by atoms with van der Waals surface area (Å²) in [5, 5.41) is 2.86. The van der Waals surface area contributed by atoms with Crippen LogP contribution in [0.2, 0.25) is 0 Å². The van der Waals surface area contributed by atoms with Crippen LogP contribution in [-0.2, 0) is 9.59 Å². The smallest absolute Gasteiger partial charge is 0.255 e. The fourth-order valence-corrected chi connectivity index (χ4v) is 6.00. The number of nitrogens with one attached hydrogen (secondary N) is 1. The topological polar surface area (TPSA) is 75.7 Å². The molecule has 3 amide bonds. The Morgan fingerprint density at radius 1 is 1.00 bits per heavy atom. The molecule has 0 spiro atoms. The first kappa shape index (κ1) is 19.3.